The third-order valence-corrected chi connectivity index (χ3v) is 4.43. The lowest BCUT2D eigenvalue weighted by molar-refractivity contribution is -0.392. The predicted molar refractivity (Wildman–Crippen MR) is 90.3 cm³/mol. The van der Waals surface area contributed by atoms with Crippen LogP contribution in [0.5, 0.6) is 0 Å². The minimum atomic E-state index is -5.12. The van der Waals surface area contributed by atoms with Gasteiger partial charge >= 0.3 is 17.6 Å². The Bertz CT molecular complexity index is 858. The summed E-state index contributed by atoms with van der Waals surface area (Å²) in [6, 6.07) is 0.171. The van der Waals surface area contributed by atoms with E-state index in [4.69, 9.17) is 17.3 Å². The molecular formula is C12H9ClF3N5O4S. The predicted octanol–water partition coefficient (Wildman–Crippen LogP) is 3.51. The van der Waals surface area contributed by atoms with Crippen LogP contribution in [0.1, 0.15) is 5.56 Å². The van der Waals surface area contributed by atoms with Crippen LogP contribution in [0.3, 0.4) is 0 Å². The Kier molecular flexibility index (Phi) is 5.32. The number of amidine groups is 1. The average molecular weight is 412 g/mol. The second-order valence-electron chi connectivity index (χ2n) is 4.81. The van der Waals surface area contributed by atoms with Crippen LogP contribution >= 0.6 is 23.4 Å². The maximum absolute atomic E-state index is 13.1. The van der Waals surface area contributed by atoms with Gasteiger partial charge in [-0.2, -0.15) is 13.2 Å². The smallest absolute Gasteiger partial charge is 0.384 e. The zero-order valence-electron chi connectivity index (χ0n) is 12.8. The molecule has 140 valence electrons. The molecule has 0 fully saturated rings. The van der Waals surface area contributed by atoms with Crippen molar-refractivity contribution in [3.05, 3.63) is 48.0 Å². The van der Waals surface area contributed by atoms with Gasteiger partial charge in [-0.1, -0.05) is 11.6 Å². The third-order valence-electron chi connectivity index (χ3n) is 3.29. The highest BCUT2D eigenvalue weighted by Gasteiger charge is 2.44. The fourth-order valence-electron chi connectivity index (χ4n) is 2.22. The van der Waals surface area contributed by atoms with Crippen molar-refractivity contribution in [3.8, 4) is 0 Å². The lowest BCUT2D eigenvalue weighted by atomic mass is 10.1. The molecule has 0 bridgehead atoms. The molecule has 2 N–H and O–H groups in total. The van der Waals surface area contributed by atoms with Gasteiger partial charge in [0, 0.05) is 12.1 Å². The van der Waals surface area contributed by atoms with E-state index >= 15 is 0 Å². The third kappa shape index (κ3) is 3.53. The van der Waals surface area contributed by atoms with Gasteiger partial charge in [0.05, 0.1) is 20.4 Å². The number of hydrogen-bond donors (Lipinski definition) is 1. The standard InChI is InChI=1S/C12H9ClF3N5O4S/c1-26-8-3-7(17)18-4-19(8)10-6(20(22)23)2-5(12(14,15)16)9(13)11(10)21(24)25/h2-3H,4H2,1H3,(H2,17,18). The molecule has 0 spiro atoms. The molecule has 0 aromatic heterocycles. The van der Waals surface area contributed by atoms with E-state index in [0.717, 1.165) is 16.7 Å². The first-order valence-corrected chi connectivity index (χ1v) is 8.15. The SMILES string of the molecule is CSC1=CC(N)=NCN1c1c([N+](=O)[O-])cc(C(F)(F)F)c(Cl)c1[N+](=O)[O-]. The first-order valence-electron chi connectivity index (χ1n) is 6.54. The van der Waals surface area contributed by atoms with E-state index in [1.165, 1.54) is 6.08 Å². The quantitative estimate of drug-likeness (QED) is 0.592. The summed E-state index contributed by atoms with van der Waals surface area (Å²) in [5.41, 5.74) is 0.815. The molecular weight excluding hydrogens is 403 g/mol. The molecule has 0 aliphatic carbocycles. The molecule has 1 aliphatic heterocycles. The Morgan fingerprint density at radius 3 is 2.42 bits per heavy atom. The molecule has 9 nitrogen and oxygen atoms in total. The Hall–Kier alpha value is -2.54. The number of halogens is 4. The van der Waals surface area contributed by atoms with Gasteiger partial charge in [-0.25, -0.2) is 4.99 Å². The summed E-state index contributed by atoms with van der Waals surface area (Å²) in [7, 11) is 0. The number of nitro benzene ring substituents is 2. The number of nitrogens with zero attached hydrogens (tertiary/aromatic N) is 4. The van der Waals surface area contributed by atoms with Crippen LogP contribution in [-0.4, -0.2) is 28.6 Å². The second-order valence-corrected chi connectivity index (χ2v) is 6.01. The van der Waals surface area contributed by atoms with Gasteiger partial charge in [0.25, 0.3) is 0 Å². The van der Waals surface area contributed by atoms with Crippen LogP contribution in [0.15, 0.2) is 22.2 Å². The van der Waals surface area contributed by atoms with Crippen molar-refractivity contribution in [2.75, 3.05) is 17.8 Å². The van der Waals surface area contributed by atoms with Gasteiger partial charge in [-0.3, -0.25) is 20.2 Å². The molecule has 2 rings (SSSR count). The highest BCUT2D eigenvalue weighted by molar-refractivity contribution is 8.02. The first-order chi connectivity index (χ1) is 12.0. The van der Waals surface area contributed by atoms with Gasteiger partial charge in [0.15, 0.2) is 0 Å². The molecule has 1 aromatic carbocycles. The maximum Gasteiger partial charge on any atom is 0.418 e. The first kappa shape index (κ1) is 19.8. The van der Waals surface area contributed by atoms with Crippen molar-refractivity contribution < 1.29 is 23.0 Å². The molecule has 1 aromatic rings. The number of hydrogen-bond acceptors (Lipinski definition) is 8. The monoisotopic (exact) mass is 411 g/mol. The molecule has 1 heterocycles. The number of rotatable bonds is 4. The Labute approximate surface area is 152 Å². The number of anilines is 1. The normalized spacial score (nSPS) is 14.7. The van der Waals surface area contributed by atoms with Crippen molar-refractivity contribution >= 4 is 46.3 Å². The van der Waals surface area contributed by atoms with E-state index in [9.17, 15) is 33.4 Å². The van der Waals surface area contributed by atoms with Crippen molar-refractivity contribution in [1.82, 2.24) is 0 Å². The van der Waals surface area contributed by atoms with Crippen LogP contribution in [0.25, 0.3) is 0 Å². The Morgan fingerprint density at radius 2 is 1.96 bits per heavy atom. The molecule has 0 saturated carbocycles. The Morgan fingerprint density at radius 1 is 1.35 bits per heavy atom. The van der Waals surface area contributed by atoms with E-state index in [2.05, 4.69) is 4.99 Å². The summed E-state index contributed by atoms with van der Waals surface area (Å²) in [4.78, 5) is 25.2. The molecule has 0 atom stereocenters. The van der Waals surface area contributed by atoms with Gasteiger partial charge in [-0.15, -0.1) is 11.8 Å². The number of aliphatic imine (C=N–C) groups is 1. The second kappa shape index (κ2) is 6.99. The van der Waals surface area contributed by atoms with Crippen LogP contribution in [-0.2, 0) is 6.18 Å². The number of benzene rings is 1. The fourth-order valence-corrected chi connectivity index (χ4v) is 3.15. The van der Waals surface area contributed by atoms with Gasteiger partial charge in [0.2, 0.25) is 5.69 Å². The Balaban J connectivity index is 2.88. The van der Waals surface area contributed by atoms with Crippen molar-refractivity contribution in [1.29, 1.82) is 0 Å². The van der Waals surface area contributed by atoms with Crippen molar-refractivity contribution in [2.24, 2.45) is 10.7 Å². The zero-order valence-corrected chi connectivity index (χ0v) is 14.4. The topological polar surface area (TPSA) is 128 Å². The van der Waals surface area contributed by atoms with E-state index in [1.54, 1.807) is 6.26 Å². The van der Waals surface area contributed by atoms with Crippen LogP contribution < -0.4 is 10.6 Å². The number of nitrogens with two attached hydrogens (primary N) is 1. The summed E-state index contributed by atoms with van der Waals surface area (Å²) in [6.07, 6.45) is -2.28. The van der Waals surface area contributed by atoms with Gasteiger partial charge in [0.1, 0.15) is 17.5 Å². The number of nitro groups is 2. The van der Waals surface area contributed by atoms with Crippen LogP contribution in [0, 0.1) is 20.2 Å². The molecule has 0 radical (unpaired) electrons. The van der Waals surface area contributed by atoms with E-state index in [-0.39, 0.29) is 23.6 Å². The fraction of sp³-hybridized carbons (Fsp3) is 0.250. The van der Waals surface area contributed by atoms with Crippen molar-refractivity contribution in [3.63, 3.8) is 0 Å². The lowest BCUT2D eigenvalue weighted by Gasteiger charge is -2.27. The molecule has 0 amide bonds. The summed E-state index contributed by atoms with van der Waals surface area (Å²) in [6.45, 7) is -0.359. The summed E-state index contributed by atoms with van der Waals surface area (Å²) in [5.74, 6) is 0.0638. The van der Waals surface area contributed by atoms with E-state index in [0.29, 0.717) is 0 Å². The number of alkyl halides is 3. The minimum Gasteiger partial charge on any atom is -0.384 e. The van der Waals surface area contributed by atoms with E-state index in [1.807, 2.05) is 0 Å². The highest BCUT2D eigenvalue weighted by Crippen LogP contribution is 2.50. The van der Waals surface area contributed by atoms with Gasteiger partial charge < -0.3 is 10.6 Å². The molecule has 26 heavy (non-hydrogen) atoms. The molecule has 0 unspecified atom stereocenters. The van der Waals surface area contributed by atoms with E-state index < -0.39 is 43.7 Å². The average Bonchev–Trinajstić information content (AvgIpc) is 2.52. The zero-order chi connectivity index (χ0) is 19.8. The minimum absolute atomic E-state index is 0.0638. The van der Waals surface area contributed by atoms with Gasteiger partial charge in [-0.05, 0) is 6.26 Å². The summed E-state index contributed by atoms with van der Waals surface area (Å²) < 4.78 is 39.3. The molecule has 0 saturated heterocycles. The number of thioether (sulfide) groups is 1. The molecule has 14 heteroatoms. The maximum atomic E-state index is 13.1. The van der Waals surface area contributed by atoms with Crippen molar-refractivity contribution in [2.45, 2.75) is 6.18 Å². The van der Waals surface area contributed by atoms with Crippen LogP contribution in [0.4, 0.5) is 30.2 Å². The summed E-state index contributed by atoms with van der Waals surface area (Å²) in [5, 5.41) is 21.7. The lowest BCUT2D eigenvalue weighted by Crippen LogP contribution is -2.30. The summed E-state index contributed by atoms with van der Waals surface area (Å²) >= 11 is 6.64. The largest absolute Gasteiger partial charge is 0.418 e. The molecule has 1 aliphatic rings. The van der Waals surface area contributed by atoms with Crippen LogP contribution in [0.2, 0.25) is 5.02 Å². The highest BCUT2D eigenvalue weighted by atomic mass is 35.5.